The standard InChI is InChI=1S/C27H24N8O13S4.2Na/c28-25-31-26(29-16-7-1-4-11-20(16)50(39,40)41)33-27(32-25)30-18-9-5-6-15-14-21(51(42,43)44)23(24(36)22(15)18)35-34-17-8-2-3-10-19(17)49(37,38)13-12-48-52(45,46)47;;/h1-11,14,36H,12-13H2,(H,39,40,41)(H,42,43,44)(H,45,46,47)(H4,28,29,30,31,32,33);;/q;2*+1/p-2. The van der Waals surface area contributed by atoms with Crippen LogP contribution in [0.3, 0.4) is 0 Å². The largest absolute Gasteiger partial charge is 1.00 e. The van der Waals surface area contributed by atoms with Gasteiger partial charge in [-0.25, -0.2) is 21.0 Å². The van der Waals surface area contributed by atoms with Crippen LogP contribution in [0.25, 0.3) is 10.8 Å². The molecular weight excluding hydrogens is 819 g/mol. The maximum atomic E-state index is 13.9. The molecule has 54 heavy (non-hydrogen) atoms. The van der Waals surface area contributed by atoms with Gasteiger partial charge in [0, 0.05) is 5.69 Å². The first-order valence-corrected chi connectivity index (χ1v) is 19.8. The molecule has 0 saturated heterocycles. The van der Waals surface area contributed by atoms with Gasteiger partial charge in [-0.2, -0.15) is 31.8 Å². The number of nitrogens with one attached hydrogen (secondary N) is 2. The fourth-order valence-electron chi connectivity index (χ4n) is 4.58. The Labute approximate surface area is 351 Å². The first-order valence-electron chi connectivity index (χ1n) is 13.9. The Kier molecular flexibility index (Phi) is 14.7. The van der Waals surface area contributed by atoms with E-state index in [1.165, 1.54) is 48.5 Å². The minimum Gasteiger partial charge on any atom is -0.870 e. The average molecular weight is 841 g/mol. The molecule has 5 rings (SSSR count). The van der Waals surface area contributed by atoms with Gasteiger partial charge in [-0.3, -0.25) is 9.11 Å². The van der Waals surface area contributed by atoms with Crippen molar-refractivity contribution in [2.45, 2.75) is 14.7 Å². The molecule has 0 atom stereocenters. The molecule has 1 heterocycles. The van der Waals surface area contributed by atoms with E-state index >= 15 is 0 Å². The number of azo groups is 1. The van der Waals surface area contributed by atoms with Crippen LogP contribution in [0.2, 0.25) is 0 Å². The third kappa shape index (κ3) is 11.1. The van der Waals surface area contributed by atoms with Gasteiger partial charge in [0.2, 0.25) is 17.8 Å². The van der Waals surface area contributed by atoms with Gasteiger partial charge in [-0.1, -0.05) is 42.1 Å². The van der Waals surface area contributed by atoms with Crippen LogP contribution in [0.4, 0.5) is 40.6 Å². The number of fused-ring (bicyclic) bond motifs is 1. The van der Waals surface area contributed by atoms with E-state index in [0.717, 1.165) is 24.3 Å². The monoisotopic (exact) mass is 840 g/mol. The number of benzene rings is 4. The Bertz CT molecular complexity index is 2710. The number of para-hydroxylation sites is 1. The van der Waals surface area contributed by atoms with Crippen molar-refractivity contribution in [1.82, 2.24) is 15.0 Å². The second-order valence-electron chi connectivity index (χ2n) is 10.2. The van der Waals surface area contributed by atoms with Crippen molar-refractivity contribution in [3.63, 3.8) is 0 Å². The Morgan fingerprint density at radius 2 is 1.31 bits per heavy atom. The number of nitrogens with zero attached hydrogens (tertiary/aromatic N) is 5. The van der Waals surface area contributed by atoms with E-state index in [0.29, 0.717) is 0 Å². The molecule has 0 saturated carbocycles. The molecule has 0 radical (unpaired) electrons. The zero-order valence-electron chi connectivity index (χ0n) is 27.7. The molecular formula is C27H22N8Na2O13S4. The number of hydrogen-bond donors (Lipinski definition) is 5. The number of nitrogens with two attached hydrogens (primary N) is 1. The second-order valence-corrected chi connectivity index (χ2v) is 16.1. The fourth-order valence-corrected chi connectivity index (χ4v) is 7.50. The molecule has 4 aromatic carbocycles. The molecule has 274 valence electrons. The fraction of sp³-hybridized carbons (Fsp3) is 0.0741. The van der Waals surface area contributed by atoms with E-state index in [9.17, 15) is 47.9 Å². The quantitative estimate of drug-likeness (QED) is 0.0433. The van der Waals surface area contributed by atoms with Crippen molar-refractivity contribution in [2.24, 2.45) is 10.2 Å². The Balaban J connectivity index is 0.00000392. The van der Waals surface area contributed by atoms with Gasteiger partial charge in [0.05, 0.1) is 33.5 Å². The Hall–Kier alpha value is -3.41. The van der Waals surface area contributed by atoms with Crippen LogP contribution >= 0.6 is 0 Å². The maximum Gasteiger partial charge on any atom is 1.00 e. The molecule has 0 aliphatic carbocycles. The molecule has 0 bridgehead atoms. The first-order chi connectivity index (χ1) is 24.2. The van der Waals surface area contributed by atoms with E-state index in [-0.39, 0.29) is 93.2 Å². The number of sulfone groups is 1. The maximum absolute atomic E-state index is 13.9. The van der Waals surface area contributed by atoms with E-state index in [4.69, 9.17) is 10.3 Å². The summed E-state index contributed by atoms with van der Waals surface area (Å²) in [5.74, 6) is -3.12. The summed E-state index contributed by atoms with van der Waals surface area (Å²) in [6, 6.07) is 14.8. The van der Waals surface area contributed by atoms with Gasteiger partial charge < -0.3 is 26.0 Å². The molecule has 0 fully saturated rings. The number of nitrogen functional groups attached to an aromatic ring is 1. The minimum atomic E-state index is -5.16. The van der Waals surface area contributed by atoms with Gasteiger partial charge in [-0.15, -0.1) is 10.2 Å². The summed E-state index contributed by atoms with van der Waals surface area (Å²) in [6.07, 6.45) is 0. The summed E-state index contributed by atoms with van der Waals surface area (Å²) < 4.78 is 130. The van der Waals surface area contributed by atoms with E-state index in [1.807, 2.05) is 0 Å². The first kappa shape index (κ1) is 45.0. The third-order valence-electron chi connectivity index (χ3n) is 6.68. The molecule has 0 aliphatic rings. The van der Waals surface area contributed by atoms with Crippen LogP contribution in [-0.2, 0) is 44.7 Å². The van der Waals surface area contributed by atoms with Gasteiger partial charge in [-0.05, 0) is 47.2 Å². The normalized spacial score (nSPS) is 12.2. The topological polar surface area (TPSA) is 346 Å². The summed E-state index contributed by atoms with van der Waals surface area (Å²) in [7, 11) is -19.4. The molecule has 5 aromatic rings. The van der Waals surface area contributed by atoms with Crippen LogP contribution in [0.1, 0.15) is 0 Å². The minimum absolute atomic E-state index is 0. The van der Waals surface area contributed by atoms with Crippen LogP contribution in [-0.4, -0.2) is 74.6 Å². The molecule has 0 aliphatic heterocycles. The third-order valence-corrected chi connectivity index (χ3v) is 10.6. The zero-order chi connectivity index (χ0) is 38.1. The van der Waals surface area contributed by atoms with Crippen LogP contribution in [0.15, 0.2) is 97.7 Å². The van der Waals surface area contributed by atoms with E-state index in [2.05, 4.69) is 40.0 Å². The average Bonchev–Trinajstić information content (AvgIpc) is 3.02. The molecule has 0 unspecified atom stereocenters. The van der Waals surface area contributed by atoms with Crippen LogP contribution in [0, 0.1) is 0 Å². The summed E-state index contributed by atoms with van der Waals surface area (Å²) >= 11 is 0. The number of hydrogen-bond acceptors (Lipinski definition) is 19. The molecule has 6 N–H and O–H groups in total. The van der Waals surface area contributed by atoms with E-state index < -0.39 is 90.6 Å². The van der Waals surface area contributed by atoms with Crippen molar-refractivity contribution in [3.8, 4) is 5.75 Å². The second kappa shape index (κ2) is 17.6. The number of rotatable bonds is 13. The van der Waals surface area contributed by atoms with Crippen molar-refractivity contribution in [1.29, 1.82) is 0 Å². The molecule has 0 spiro atoms. The van der Waals surface area contributed by atoms with Gasteiger partial charge in [0.25, 0.3) is 10.1 Å². The van der Waals surface area contributed by atoms with Gasteiger partial charge in [0.15, 0.2) is 9.84 Å². The van der Waals surface area contributed by atoms with Crippen molar-refractivity contribution in [3.05, 3.63) is 72.8 Å². The van der Waals surface area contributed by atoms with E-state index in [1.54, 1.807) is 0 Å². The summed E-state index contributed by atoms with van der Waals surface area (Å²) in [5, 5.41) is 26.3. The van der Waals surface area contributed by atoms with Gasteiger partial charge in [0.1, 0.15) is 20.7 Å². The number of aromatic nitrogens is 3. The predicted octanol–water partition coefficient (Wildman–Crippen LogP) is -3.66. The van der Waals surface area contributed by atoms with Crippen LogP contribution < -0.4 is 80.6 Å². The molecule has 21 nitrogen and oxygen atoms in total. The summed E-state index contributed by atoms with van der Waals surface area (Å²) in [6.45, 7) is -0.968. The zero-order valence-corrected chi connectivity index (χ0v) is 34.9. The Morgan fingerprint density at radius 1 is 0.741 bits per heavy atom. The van der Waals surface area contributed by atoms with Crippen molar-refractivity contribution < 1.29 is 116 Å². The predicted molar refractivity (Wildman–Crippen MR) is 179 cm³/mol. The Morgan fingerprint density at radius 3 is 1.93 bits per heavy atom. The summed E-state index contributed by atoms with van der Waals surface area (Å²) in [5.41, 5.74) is 4.19. The van der Waals surface area contributed by atoms with Gasteiger partial charge >= 0.3 is 69.5 Å². The van der Waals surface area contributed by atoms with Crippen LogP contribution in [0.5, 0.6) is 5.75 Å². The van der Waals surface area contributed by atoms with Crippen molar-refractivity contribution >= 4 is 91.8 Å². The molecule has 27 heteroatoms. The molecule has 0 amide bonds. The molecule has 1 aromatic heterocycles. The van der Waals surface area contributed by atoms with Crippen molar-refractivity contribution in [2.75, 3.05) is 28.7 Å². The SMILES string of the molecule is Nc1nc(Nc2ccccc2S(=O)(=O)[O-])nc(Nc2cccc3cc(S(=O)(=O)O)c(N=Nc4ccccc4S(=O)(=O)CCOS(=O)(=O)O)c([O-])c23)n1.[Na+].[Na+]. The number of anilines is 5. The summed E-state index contributed by atoms with van der Waals surface area (Å²) in [4.78, 5) is 9.75. The smallest absolute Gasteiger partial charge is 0.870 e.